The monoisotopic (exact) mass is 191 g/mol. The summed E-state index contributed by atoms with van der Waals surface area (Å²) in [6, 6.07) is 2.05. The molecule has 1 aromatic rings. The molecule has 3 heteroatoms. The molecule has 76 valence electrons. The van der Waals surface area contributed by atoms with Gasteiger partial charge in [0, 0.05) is 44.9 Å². The van der Waals surface area contributed by atoms with Crippen LogP contribution < -0.4 is 5.32 Å². The third kappa shape index (κ3) is 3.63. The predicted molar refractivity (Wildman–Crippen MR) is 57.8 cm³/mol. The third-order valence-corrected chi connectivity index (χ3v) is 2.08. The van der Waals surface area contributed by atoms with Gasteiger partial charge in [0.1, 0.15) is 0 Å². The van der Waals surface area contributed by atoms with Crippen LogP contribution in [0.25, 0.3) is 0 Å². The number of nitrogens with one attached hydrogen (secondary N) is 1. The first-order valence-corrected chi connectivity index (χ1v) is 4.92. The SMILES string of the molecule is CC#CCCNCCc1ccnn1C. The van der Waals surface area contributed by atoms with Crippen LogP contribution in [0.2, 0.25) is 0 Å². The van der Waals surface area contributed by atoms with Gasteiger partial charge in [0.25, 0.3) is 0 Å². The van der Waals surface area contributed by atoms with E-state index >= 15 is 0 Å². The fourth-order valence-electron chi connectivity index (χ4n) is 1.26. The fourth-order valence-corrected chi connectivity index (χ4v) is 1.26. The molecule has 0 saturated carbocycles. The lowest BCUT2D eigenvalue weighted by molar-refractivity contribution is 0.648. The molecule has 0 atom stereocenters. The highest BCUT2D eigenvalue weighted by Crippen LogP contribution is 1.95. The van der Waals surface area contributed by atoms with Crippen LogP contribution in [0.1, 0.15) is 19.0 Å². The van der Waals surface area contributed by atoms with Crippen LogP contribution in [-0.2, 0) is 13.5 Å². The van der Waals surface area contributed by atoms with Gasteiger partial charge in [-0.25, -0.2) is 0 Å². The molecule has 0 unspecified atom stereocenters. The third-order valence-electron chi connectivity index (χ3n) is 2.08. The van der Waals surface area contributed by atoms with E-state index in [9.17, 15) is 0 Å². The lowest BCUT2D eigenvalue weighted by Gasteiger charge is -2.02. The van der Waals surface area contributed by atoms with Crippen molar-refractivity contribution in [2.75, 3.05) is 13.1 Å². The number of hydrogen-bond donors (Lipinski definition) is 1. The number of rotatable bonds is 5. The normalized spacial score (nSPS) is 9.57. The lowest BCUT2D eigenvalue weighted by Crippen LogP contribution is -2.19. The fraction of sp³-hybridized carbons (Fsp3) is 0.545. The average Bonchev–Trinajstić information content (AvgIpc) is 2.58. The first kappa shape index (κ1) is 10.8. The first-order chi connectivity index (χ1) is 6.84. The molecule has 0 aliphatic rings. The van der Waals surface area contributed by atoms with Crippen molar-refractivity contribution in [2.45, 2.75) is 19.8 Å². The number of aromatic nitrogens is 2. The molecule has 1 rings (SSSR count). The molecule has 1 aromatic heterocycles. The molecule has 0 spiro atoms. The van der Waals surface area contributed by atoms with E-state index in [1.54, 1.807) is 0 Å². The molecule has 0 aliphatic heterocycles. The Kier molecular flexibility index (Phi) is 4.81. The second-order valence-electron chi connectivity index (χ2n) is 3.12. The first-order valence-electron chi connectivity index (χ1n) is 4.92. The molecule has 0 aliphatic carbocycles. The van der Waals surface area contributed by atoms with Gasteiger partial charge in [-0.15, -0.1) is 11.8 Å². The molecule has 0 radical (unpaired) electrons. The predicted octanol–water partition coefficient (Wildman–Crippen LogP) is 0.966. The van der Waals surface area contributed by atoms with Gasteiger partial charge in [0.15, 0.2) is 0 Å². The van der Waals surface area contributed by atoms with Crippen molar-refractivity contribution in [2.24, 2.45) is 7.05 Å². The van der Waals surface area contributed by atoms with Gasteiger partial charge in [-0.1, -0.05) is 0 Å². The Morgan fingerprint density at radius 2 is 2.36 bits per heavy atom. The molecule has 1 heterocycles. The molecule has 0 bridgehead atoms. The summed E-state index contributed by atoms with van der Waals surface area (Å²) in [7, 11) is 1.97. The zero-order valence-corrected chi connectivity index (χ0v) is 8.88. The standard InChI is InChI=1S/C11H17N3/c1-3-4-5-8-12-9-6-11-7-10-13-14(11)2/h7,10,12H,5-6,8-9H2,1-2H3. The minimum Gasteiger partial charge on any atom is -0.315 e. The van der Waals surface area contributed by atoms with Crippen molar-refractivity contribution >= 4 is 0 Å². The van der Waals surface area contributed by atoms with Crippen LogP contribution in [-0.4, -0.2) is 22.9 Å². The minimum absolute atomic E-state index is 0.932. The second kappa shape index (κ2) is 6.22. The van der Waals surface area contributed by atoms with Crippen molar-refractivity contribution < 1.29 is 0 Å². The molecular formula is C11H17N3. The maximum absolute atomic E-state index is 4.11. The Hall–Kier alpha value is -1.27. The highest BCUT2D eigenvalue weighted by Gasteiger charge is 1.96. The van der Waals surface area contributed by atoms with E-state index in [2.05, 4.69) is 22.3 Å². The van der Waals surface area contributed by atoms with Gasteiger partial charge >= 0.3 is 0 Å². The van der Waals surface area contributed by atoms with Crippen LogP contribution in [0.5, 0.6) is 0 Å². The maximum atomic E-state index is 4.11. The van der Waals surface area contributed by atoms with Crippen LogP contribution in [0, 0.1) is 11.8 Å². The summed E-state index contributed by atoms with van der Waals surface area (Å²) in [6.45, 7) is 3.83. The van der Waals surface area contributed by atoms with E-state index in [1.165, 1.54) is 5.69 Å². The highest BCUT2D eigenvalue weighted by molar-refractivity contribution is 5.00. The van der Waals surface area contributed by atoms with Gasteiger partial charge < -0.3 is 5.32 Å². The minimum atomic E-state index is 0.932. The highest BCUT2D eigenvalue weighted by atomic mass is 15.3. The quantitative estimate of drug-likeness (QED) is 0.555. The lowest BCUT2D eigenvalue weighted by atomic mass is 10.3. The van der Waals surface area contributed by atoms with E-state index in [0.29, 0.717) is 0 Å². The van der Waals surface area contributed by atoms with Gasteiger partial charge in [0.2, 0.25) is 0 Å². The van der Waals surface area contributed by atoms with E-state index < -0.39 is 0 Å². The molecule has 0 amide bonds. The zero-order chi connectivity index (χ0) is 10.2. The Bertz CT molecular complexity index is 317. The summed E-state index contributed by atoms with van der Waals surface area (Å²) in [5.74, 6) is 5.90. The van der Waals surface area contributed by atoms with Gasteiger partial charge in [-0.2, -0.15) is 5.10 Å². The molecule has 0 fully saturated rings. The van der Waals surface area contributed by atoms with Crippen LogP contribution in [0.4, 0.5) is 0 Å². The summed E-state index contributed by atoms with van der Waals surface area (Å²) in [5.41, 5.74) is 1.26. The Morgan fingerprint density at radius 3 is 3.00 bits per heavy atom. The van der Waals surface area contributed by atoms with Crippen molar-refractivity contribution in [3.63, 3.8) is 0 Å². The van der Waals surface area contributed by atoms with E-state index in [4.69, 9.17) is 0 Å². The molecule has 0 aromatic carbocycles. The summed E-state index contributed by atoms with van der Waals surface area (Å²) < 4.78 is 1.91. The topological polar surface area (TPSA) is 29.9 Å². The van der Waals surface area contributed by atoms with E-state index in [0.717, 1.165) is 25.9 Å². The van der Waals surface area contributed by atoms with Crippen molar-refractivity contribution in [1.82, 2.24) is 15.1 Å². The summed E-state index contributed by atoms with van der Waals surface area (Å²) in [4.78, 5) is 0. The van der Waals surface area contributed by atoms with Crippen molar-refractivity contribution in [3.8, 4) is 11.8 Å². The summed E-state index contributed by atoms with van der Waals surface area (Å²) in [5, 5.41) is 7.45. The Labute approximate surface area is 85.5 Å². The molecule has 1 N–H and O–H groups in total. The Balaban J connectivity index is 2.09. The van der Waals surface area contributed by atoms with Gasteiger partial charge in [0.05, 0.1) is 0 Å². The second-order valence-corrected chi connectivity index (χ2v) is 3.12. The molecule has 14 heavy (non-hydrogen) atoms. The van der Waals surface area contributed by atoms with Gasteiger partial charge in [-0.05, 0) is 13.0 Å². The molecular weight excluding hydrogens is 174 g/mol. The molecule has 3 nitrogen and oxygen atoms in total. The van der Waals surface area contributed by atoms with E-state index in [-0.39, 0.29) is 0 Å². The summed E-state index contributed by atoms with van der Waals surface area (Å²) in [6.07, 6.45) is 3.79. The summed E-state index contributed by atoms with van der Waals surface area (Å²) >= 11 is 0. The zero-order valence-electron chi connectivity index (χ0n) is 8.88. The van der Waals surface area contributed by atoms with E-state index in [1.807, 2.05) is 30.9 Å². The van der Waals surface area contributed by atoms with Crippen LogP contribution in [0.3, 0.4) is 0 Å². The van der Waals surface area contributed by atoms with Crippen molar-refractivity contribution in [3.05, 3.63) is 18.0 Å². The molecule has 0 saturated heterocycles. The largest absolute Gasteiger partial charge is 0.315 e. The number of hydrogen-bond acceptors (Lipinski definition) is 2. The van der Waals surface area contributed by atoms with Crippen molar-refractivity contribution in [1.29, 1.82) is 0 Å². The smallest absolute Gasteiger partial charge is 0.0492 e. The number of nitrogens with zero attached hydrogens (tertiary/aromatic N) is 2. The van der Waals surface area contributed by atoms with Crippen LogP contribution >= 0.6 is 0 Å². The van der Waals surface area contributed by atoms with Gasteiger partial charge in [-0.3, -0.25) is 4.68 Å². The van der Waals surface area contributed by atoms with Crippen LogP contribution in [0.15, 0.2) is 12.3 Å². The maximum Gasteiger partial charge on any atom is 0.0492 e. The number of aryl methyl sites for hydroxylation is 1. The average molecular weight is 191 g/mol. The Morgan fingerprint density at radius 1 is 1.50 bits per heavy atom.